The zero-order valence-corrected chi connectivity index (χ0v) is 10.1. The summed E-state index contributed by atoms with van der Waals surface area (Å²) < 4.78 is 5.06. The largest absolute Gasteiger partial charge is 0.472 e. The van der Waals surface area contributed by atoms with Gasteiger partial charge in [-0.2, -0.15) is 0 Å². The minimum Gasteiger partial charge on any atom is -0.472 e. The Bertz CT molecular complexity index is 319. The topological polar surface area (TPSA) is 45.4 Å². The first kappa shape index (κ1) is 11.7. The van der Waals surface area contributed by atoms with Gasteiger partial charge >= 0.3 is 0 Å². The monoisotopic (exact) mass is 223 g/mol. The molecule has 3 nitrogen and oxygen atoms in total. The first-order valence-corrected chi connectivity index (χ1v) is 6.13. The Balaban J connectivity index is 2.11. The average Bonchev–Trinajstić information content (AvgIpc) is 2.83. The summed E-state index contributed by atoms with van der Waals surface area (Å²) in [5.74, 6) is 0.727. The molecule has 0 aromatic carbocycles. The van der Waals surface area contributed by atoms with Crippen LogP contribution in [0.4, 0.5) is 0 Å². The van der Waals surface area contributed by atoms with E-state index in [4.69, 9.17) is 4.42 Å². The summed E-state index contributed by atoms with van der Waals surface area (Å²) in [6, 6.07) is 1.97. The van der Waals surface area contributed by atoms with E-state index in [1.807, 2.05) is 13.0 Å². The van der Waals surface area contributed by atoms with Crippen molar-refractivity contribution in [3.8, 4) is 0 Å². The summed E-state index contributed by atoms with van der Waals surface area (Å²) in [7, 11) is 0. The van der Waals surface area contributed by atoms with Crippen LogP contribution in [0.3, 0.4) is 0 Å². The van der Waals surface area contributed by atoms with Gasteiger partial charge in [-0.15, -0.1) is 0 Å². The van der Waals surface area contributed by atoms with Gasteiger partial charge in [0.25, 0.3) is 0 Å². The molecule has 2 heterocycles. The molecule has 1 aliphatic heterocycles. The lowest BCUT2D eigenvalue weighted by molar-refractivity contribution is -0.00353. The Hall–Kier alpha value is -0.800. The highest BCUT2D eigenvalue weighted by molar-refractivity contribution is 5.18. The maximum Gasteiger partial charge on any atom is 0.105 e. The van der Waals surface area contributed by atoms with Crippen LogP contribution >= 0.6 is 0 Å². The van der Waals surface area contributed by atoms with Crippen LogP contribution in [0.25, 0.3) is 0 Å². The van der Waals surface area contributed by atoms with Crippen LogP contribution in [0.1, 0.15) is 38.7 Å². The van der Waals surface area contributed by atoms with Gasteiger partial charge in [-0.3, -0.25) is 0 Å². The second kappa shape index (κ2) is 4.60. The standard InChI is InChI=1S/C13H21NO2/c1-3-10-4-6-14-12(8-10)13(2,15)11-5-7-16-9-11/h5,7,9-10,12,14-15H,3-4,6,8H2,1-2H3. The van der Waals surface area contributed by atoms with Gasteiger partial charge in [0, 0.05) is 11.6 Å². The van der Waals surface area contributed by atoms with E-state index in [9.17, 15) is 5.11 Å². The maximum absolute atomic E-state index is 10.6. The number of nitrogens with one attached hydrogen (secondary N) is 1. The van der Waals surface area contributed by atoms with Crippen LogP contribution in [-0.4, -0.2) is 17.7 Å². The number of hydrogen-bond acceptors (Lipinski definition) is 3. The van der Waals surface area contributed by atoms with Crippen molar-refractivity contribution >= 4 is 0 Å². The Morgan fingerprint density at radius 2 is 2.44 bits per heavy atom. The molecule has 90 valence electrons. The molecule has 0 amide bonds. The van der Waals surface area contributed by atoms with Crippen LogP contribution < -0.4 is 5.32 Å². The van der Waals surface area contributed by atoms with Gasteiger partial charge in [-0.25, -0.2) is 0 Å². The summed E-state index contributed by atoms with van der Waals surface area (Å²) in [6.07, 6.45) is 6.70. The van der Waals surface area contributed by atoms with E-state index in [2.05, 4.69) is 12.2 Å². The van der Waals surface area contributed by atoms with Gasteiger partial charge in [0.15, 0.2) is 0 Å². The summed E-state index contributed by atoms with van der Waals surface area (Å²) in [5, 5.41) is 14.0. The van der Waals surface area contributed by atoms with Gasteiger partial charge in [0.2, 0.25) is 0 Å². The van der Waals surface area contributed by atoms with Crippen molar-refractivity contribution in [2.75, 3.05) is 6.54 Å². The van der Waals surface area contributed by atoms with E-state index in [-0.39, 0.29) is 6.04 Å². The molecule has 16 heavy (non-hydrogen) atoms. The first-order valence-electron chi connectivity index (χ1n) is 6.13. The van der Waals surface area contributed by atoms with E-state index >= 15 is 0 Å². The van der Waals surface area contributed by atoms with Crippen molar-refractivity contribution in [3.63, 3.8) is 0 Å². The highest BCUT2D eigenvalue weighted by atomic mass is 16.3. The fourth-order valence-electron chi connectivity index (χ4n) is 2.55. The quantitative estimate of drug-likeness (QED) is 0.826. The summed E-state index contributed by atoms with van der Waals surface area (Å²) in [5.41, 5.74) is 0.0302. The van der Waals surface area contributed by atoms with Gasteiger partial charge in [0.05, 0.1) is 12.5 Å². The number of piperidine rings is 1. The second-order valence-corrected chi connectivity index (χ2v) is 4.96. The minimum atomic E-state index is -0.832. The van der Waals surface area contributed by atoms with E-state index in [1.54, 1.807) is 12.5 Å². The van der Waals surface area contributed by atoms with Crippen LogP contribution in [0.5, 0.6) is 0 Å². The zero-order valence-electron chi connectivity index (χ0n) is 10.1. The number of furan rings is 1. The van der Waals surface area contributed by atoms with Crippen molar-refractivity contribution in [3.05, 3.63) is 24.2 Å². The van der Waals surface area contributed by atoms with Gasteiger partial charge < -0.3 is 14.8 Å². The van der Waals surface area contributed by atoms with Crippen LogP contribution in [0.15, 0.2) is 23.0 Å². The van der Waals surface area contributed by atoms with Gasteiger partial charge in [0.1, 0.15) is 5.60 Å². The number of aliphatic hydroxyl groups is 1. The molecule has 0 spiro atoms. The third kappa shape index (κ3) is 2.15. The molecular weight excluding hydrogens is 202 g/mol. The van der Waals surface area contributed by atoms with Crippen molar-refractivity contribution in [2.24, 2.45) is 5.92 Å². The molecule has 3 atom stereocenters. The van der Waals surface area contributed by atoms with E-state index in [0.717, 1.165) is 24.4 Å². The Labute approximate surface area is 96.8 Å². The molecule has 2 rings (SSSR count). The lowest BCUT2D eigenvalue weighted by Crippen LogP contribution is -2.50. The van der Waals surface area contributed by atoms with Crippen LogP contribution in [0, 0.1) is 5.92 Å². The Morgan fingerprint density at radius 3 is 3.06 bits per heavy atom. The predicted octanol–water partition coefficient (Wildman–Crippen LogP) is 2.27. The first-order chi connectivity index (χ1) is 7.64. The zero-order chi connectivity index (χ0) is 11.6. The van der Waals surface area contributed by atoms with Crippen molar-refractivity contribution < 1.29 is 9.52 Å². The molecule has 3 unspecified atom stereocenters. The van der Waals surface area contributed by atoms with Crippen LogP contribution in [-0.2, 0) is 5.60 Å². The molecule has 1 fully saturated rings. The van der Waals surface area contributed by atoms with Gasteiger partial charge in [-0.05, 0) is 38.3 Å². The van der Waals surface area contributed by atoms with E-state index in [1.165, 1.54) is 12.8 Å². The summed E-state index contributed by atoms with van der Waals surface area (Å²) in [4.78, 5) is 0. The molecule has 0 bridgehead atoms. The highest BCUT2D eigenvalue weighted by Gasteiger charge is 2.37. The normalized spacial score (nSPS) is 29.9. The lowest BCUT2D eigenvalue weighted by Gasteiger charge is -2.38. The third-order valence-electron chi connectivity index (χ3n) is 3.87. The number of rotatable bonds is 3. The molecule has 3 heteroatoms. The van der Waals surface area contributed by atoms with Crippen LogP contribution in [0.2, 0.25) is 0 Å². The molecule has 0 radical (unpaired) electrons. The molecule has 2 N–H and O–H groups in total. The second-order valence-electron chi connectivity index (χ2n) is 4.96. The third-order valence-corrected chi connectivity index (χ3v) is 3.87. The molecule has 0 aliphatic carbocycles. The summed E-state index contributed by atoms with van der Waals surface area (Å²) in [6.45, 7) is 5.09. The molecular formula is C13H21NO2. The van der Waals surface area contributed by atoms with Crippen molar-refractivity contribution in [1.29, 1.82) is 0 Å². The fraction of sp³-hybridized carbons (Fsp3) is 0.692. The molecule has 1 saturated heterocycles. The Morgan fingerprint density at radius 1 is 1.62 bits per heavy atom. The predicted molar refractivity (Wildman–Crippen MR) is 63.1 cm³/mol. The highest BCUT2D eigenvalue weighted by Crippen LogP contribution is 2.32. The average molecular weight is 223 g/mol. The summed E-state index contributed by atoms with van der Waals surface area (Å²) >= 11 is 0. The minimum absolute atomic E-state index is 0.129. The smallest absolute Gasteiger partial charge is 0.105 e. The molecule has 1 aromatic rings. The van der Waals surface area contributed by atoms with Crippen molar-refractivity contribution in [1.82, 2.24) is 5.32 Å². The fourth-order valence-corrected chi connectivity index (χ4v) is 2.55. The van der Waals surface area contributed by atoms with E-state index in [0.29, 0.717) is 0 Å². The Kier molecular flexibility index (Phi) is 3.36. The van der Waals surface area contributed by atoms with Crippen molar-refractivity contribution in [2.45, 2.75) is 44.8 Å². The number of hydrogen-bond donors (Lipinski definition) is 2. The SMILES string of the molecule is CCC1CCNC(C(C)(O)c2ccoc2)C1. The molecule has 1 aliphatic rings. The molecule has 0 saturated carbocycles. The van der Waals surface area contributed by atoms with Gasteiger partial charge in [-0.1, -0.05) is 13.3 Å². The lowest BCUT2D eigenvalue weighted by atomic mass is 9.80. The molecule has 1 aromatic heterocycles. The van der Waals surface area contributed by atoms with E-state index < -0.39 is 5.60 Å². The maximum atomic E-state index is 10.6.